The lowest BCUT2D eigenvalue weighted by Gasteiger charge is -2.07. The van der Waals surface area contributed by atoms with Crippen molar-refractivity contribution in [2.75, 3.05) is 12.4 Å². The Morgan fingerprint density at radius 2 is 1.82 bits per heavy atom. The first kappa shape index (κ1) is 19.3. The van der Waals surface area contributed by atoms with Crippen molar-refractivity contribution in [3.05, 3.63) is 89.7 Å². The van der Waals surface area contributed by atoms with Gasteiger partial charge in [0.1, 0.15) is 11.5 Å². The number of aromatic nitrogens is 1. The second-order valence-electron chi connectivity index (χ2n) is 6.43. The number of benzene rings is 2. The second kappa shape index (κ2) is 9.46. The van der Waals surface area contributed by atoms with Crippen molar-refractivity contribution < 1.29 is 14.3 Å². The van der Waals surface area contributed by atoms with Gasteiger partial charge in [0.15, 0.2) is 0 Å². The summed E-state index contributed by atoms with van der Waals surface area (Å²) in [4.78, 5) is 28.8. The minimum absolute atomic E-state index is 0.143. The fourth-order valence-corrected chi connectivity index (χ4v) is 2.79. The first-order valence-corrected chi connectivity index (χ1v) is 9.10. The number of nitrogens with zero attached hydrogens (tertiary/aromatic N) is 1. The van der Waals surface area contributed by atoms with Gasteiger partial charge in [-0.2, -0.15) is 0 Å². The first-order valence-electron chi connectivity index (χ1n) is 9.10. The SMILES string of the molecule is COc1cccc(C(=O)Nc2ccc(CC(=O)CCc3ccccc3)nc2)c1. The molecule has 0 saturated heterocycles. The molecule has 0 radical (unpaired) electrons. The van der Waals surface area contributed by atoms with Crippen molar-refractivity contribution in [3.8, 4) is 5.75 Å². The molecule has 0 bridgehead atoms. The highest BCUT2D eigenvalue weighted by molar-refractivity contribution is 6.04. The molecule has 0 aliphatic carbocycles. The second-order valence-corrected chi connectivity index (χ2v) is 6.43. The number of carbonyl (C=O) groups is 2. The molecule has 1 heterocycles. The standard InChI is InChI=1S/C23H22N2O3/c1-28-22-9-5-8-18(14-22)23(27)25-20-12-11-19(24-16-20)15-21(26)13-10-17-6-3-2-4-7-17/h2-9,11-12,14,16H,10,13,15H2,1H3,(H,25,27). The zero-order valence-electron chi connectivity index (χ0n) is 15.7. The predicted molar refractivity (Wildman–Crippen MR) is 109 cm³/mol. The van der Waals surface area contributed by atoms with Crippen LogP contribution in [0.2, 0.25) is 0 Å². The monoisotopic (exact) mass is 374 g/mol. The van der Waals surface area contributed by atoms with Crippen molar-refractivity contribution in [3.63, 3.8) is 0 Å². The van der Waals surface area contributed by atoms with Crippen LogP contribution in [-0.2, 0) is 17.6 Å². The molecule has 0 fully saturated rings. The molecule has 3 aromatic rings. The summed E-state index contributed by atoms with van der Waals surface area (Å²) < 4.78 is 5.13. The smallest absolute Gasteiger partial charge is 0.255 e. The number of amides is 1. The topological polar surface area (TPSA) is 68.3 Å². The molecular weight excluding hydrogens is 352 g/mol. The summed E-state index contributed by atoms with van der Waals surface area (Å²) in [6.07, 6.45) is 3.07. The first-order chi connectivity index (χ1) is 13.6. The number of ether oxygens (including phenoxy) is 1. The highest BCUT2D eigenvalue weighted by Crippen LogP contribution is 2.15. The van der Waals surface area contributed by atoms with Gasteiger partial charge in [0.2, 0.25) is 0 Å². The number of aryl methyl sites for hydroxylation is 1. The molecule has 0 unspecified atom stereocenters. The van der Waals surface area contributed by atoms with E-state index in [2.05, 4.69) is 10.3 Å². The number of nitrogens with one attached hydrogen (secondary N) is 1. The molecule has 0 aliphatic heterocycles. The Balaban J connectivity index is 1.52. The summed E-state index contributed by atoms with van der Waals surface area (Å²) in [5, 5.41) is 2.79. The minimum Gasteiger partial charge on any atom is -0.497 e. The van der Waals surface area contributed by atoms with Crippen molar-refractivity contribution in [2.45, 2.75) is 19.3 Å². The van der Waals surface area contributed by atoms with Gasteiger partial charge in [-0.15, -0.1) is 0 Å². The van der Waals surface area contributed by atoms with Gasteiger partial charge in [0, 0.05) is 24.1 Å². The zero-order valence-corrected chi connectivity index (χ0v) is 15.7. The van der Waals surface area contributed by atoms with Crippen LogP contribution in [0.5, 0.6) is 5.75 Å². The van der Waals surface area contributed by atoms with Crippen molar-refractivity contribution >= 4 is 17.4 Å². The molecule has 0 atom stereocenters. The van der Waals surface area contributed by atoms with Crippen LogP contribution in [-0.4, -0.2) is 23.8 Å². The van der Waals surface area contributed by atoms with Crippen molar-refractivity contribution in [1.29, 1.82) is 0 Å². The van der Waals surface area contributed by atoms with Gasteiger partial charge >= 0.3 is 0 Å². The molecule has 5 heteroatoms. The molecule has 2 aromatic carbocycles. The number of methoxy groups -OCH3 is 1. The molecule has 0 saturated carbocycles. The quantitative estimate of drug-likeness (QED) is 0.645. The number of carbonyl (C=O) groups excluding carboxylic acids is 2. The van der Waals surface area contributed by atoms with E-state index < -0.39 is 0 Å². The highest BCUT2D eigenvalue weighted by atomic mass is 16.5. The number of Topliss-reactive ketones (excluding diaryl/α,β-unsaturated/α-hetero) is 1. The number of ketones is 1. The summed E-state index contributed by atoms with van der Waals surface area (Å²) in [5.41, 5.74) is 2.92. The van der Waals surface area contributed by atoms with Gasteiger partial charge in [-0.3, -0.25) is 14.6 Å². The molecular formula is C23H22N2O3. The molecule has 1 aromatic heterocycles. The summed E-state index contributed by atoms with van der Waals surface area (Å²) in [5.74, 6) is 0.520. The third-order valence-electron chi connectivity index (χ3n) is 4.33. The van der Waals surface area contributed by atoms with E-state index in [1.54, 1.807) is 49.7 Å². The Kier molecular flexibility index (Phi) is 6.52. The van der Waals surface area contributed by atoms with Crippen LogP contribution in [0.4, 0.5) is 5.69 Å². The van der Waals surface area contributed by atoms with Crippen LogP contribution in [0.1, 0.15) is 28.0 Å². The number of hydrogen-bond donors (Lipinski definition) is 1. The van der Waals surface area contributed by atoms with Gasteiger partial charge in [0.25, 0.3) is 5.91 Å². The Bertz CT molecular complexity index is 938. The zero-order chi connectivity index (χ0) is 19.8. The Labute approximate surface area is 164 Å². The molecule has 28 heavy (non-hydrogen) atoms. The van der Waals surface area contributed by atoms with Crippen molar-refractivity contribution in [2.24, 2.45) is 0 Å². The number of rotatable bonds is 8. The third kappa shape index (κ3) is 5.51. The largest absolute Gasteiger partial charge is 0.497 e. The van der Waals surface area contributed by atoms with Crippen LogP contribution in [0.15, 0.2) is 72.9 Å². The van der Waals surface area contributed by atoms with Crippen LogP contribution < -0.4 is 10.1 Å². The molecule has 0 aliphatic rings. The average molecular weight is 374 g/mol. The van der Waals surface area contributed by atoms with E-state index in [0.29, 0.717) is 29.1 Å². The summed E-state index contributed by atoms with van der Waals surface area (Å²) in [6.45, 7) is 0. The minimum atomic E-state index is -0.243. The van der Waals surface area contributed by atoms with Crippen LogP contribution in [0.3, 0.4) is 0 Å². The molecule has 3 rings (SSSR count). The van der Waals surface area contributed by atoms with E-state index >= 15 is 0 Å². The summed E-state index contributed by atoms with van der Waals surface area (Å²) in [7, 11) is 1.56. The maximum atomic E-state index is 12.3. The van der Waals surface area contributed by atoms with Gasteiger partial charge in [-0.05, 0) is 42.3 Å². The lowest BCUT2D eigenvalue weighted by Crippen LogP contribution is -2.12. The van der Waals surface area contributed by atoms with Crippen LogP contribution >= 0.6 is 0 Å². The van der Waals surface area contributed by atoms with Gasteiger partial charge in [-0.25, -0.2) is 0 Å². The highest BCUT2D eigenvalue weighted by Gasteiger charge is 2.09. The van der Waals surface area contributed by atoms with Crippen LogP contribution in [0.25, 0.3) is 0 Å². The fraction of sp³-hybridized carbons (Fsp3) is 0.174. The summed E-state index contributed by atoms with van der Waals surface area (Å²) in [6, 6.07) is 20.4. The average Bonchev–Trinajstić information content (AvgIpc) is 2.74. The van der Waals surface area contributed by atoms with E-state index in [-0.39, 0.29) is 18.1 Å². The van der Waals surface area contributed by atoms with Gasteiger partial charge in [-0.1, -0.05) is 36.4 Å². The normalized spacial score (nSPS) is 10.3. The third-order valence-corrected chi connectivity index (χ3v) is 4.33. The van der Waals surface area contributed by atoms with Gasteiger partial charge < -0.3 is 10.1 Å². The van der Waals surface area contributed by atoms with E-state index in [4.69, 9.17) is 4.74 Å². The maximum absolute atomic E-state index is 12.3. The van der Waals surface area contributed by atoms with E-state index in [1.165, 1.54) is 0 Å². The Morgan fingerprint density at radius 1 is 1.00 bits per heavy atom. The lowest BCUT2D eigenvalue weighted by atomic mass is 10.0. The molecule has 0 spiro atoms. The molecule has 142 valence electrons. The summed E-state index contributed by atoms with van der Waals surface area (Å²) >= 11 is 0. The van der Waals surface area contributed by atoms with Crippen LogP contribution in [0, 0.1) is 0 Å². The number of hydrogen-bond acceptors (Lipinski definition) is 4. The molecule has 1 amide bonds. The molecule has 1 N–H and O–H groups in total. The van der Waals surface area contributed by atoms with Gasteiger partial charge in [0.05, 0.1) is 19.0 Å². The van der Waals surface area contributed by atoms with E-state index in [9.17, 15) is 9.59 Å². The Morgan fingerprint density at radius 3 is 2.54 bits per heavy atom. The Hall–Kier alpha value is -3.47. The maximum Gasteiger partial charge on any atom is 0.255 e. The van der Waals surface area contributed by atoms with Crippen molar-refractivity contribution in [1.82, 2.24) is 4.98 Å². The van der Waals surface area contributed by atoms with E-state index in [0.717, 1.165) is 12.0 Å². The fourth-order valence-electron chi connectivity index (χ4n) is 2.79. The number of anilines is 1. The number of pyridine rings is 1. The molecule has 5 nitrogen and oxygen atoms in total. The lowest BCUT2D eigenvalue weighted by molar-refractivity contribution is -0.118. The predicted octanol–water partition coefficient (Wildman–Crippen LogP) is 4.09. The van der Waals surface area contributed by atoms with E-state index in [1.807, 2.05) is 30.3 Å².